The first kappa shape index (κ1) is 15.6. The fourth-order valence-electron chi connectivity index (χ4n) is 1.86. The summed E-state index contributed by atoms with van der Waals surface area (Å²) in [5, 5.41) is 3.04. The van der Waals surface area contributed by atoms with Gasteiger partial charge in [-0.3, -0.25) is 4.79 Å². The highest BCUT2D eigenvalue weighted by atomic mass is 19.1. The maximum absolute atomic E-state index is 13.3. The van der Waals surface area contributed by atoms with Gasteiger partial charge < -0.3 is 20.5 Å². The van der Waals surface area contributed by atoms with E-state index in [9.17, 15) is 9.18 Å². The Labute approximate surface area is 127 Å². The van der Waals surface area contributed by atoms with E-state index in [1.165, 1.54) is 18.2 Å². The number of benzene rings is 2. The summed E-state index contributed by atoms with van der Waals surface area (Å²) in [5.41, 5.74) is 5.56. The maximum Gasteiger partial charge on any atom is 0.251 e. The van der Waals surface area contributed by atoms with E-state index in [0.717, 1.165) is 11.5 Å². The van der Waals surface area contributed by atoms with E-state index in [4.69, 9.17) is 15.2 Å². The molecule has 6 heteroatoms. The van der Waals surface area contributed by atoms with Crippen molar-refractivity contribution in [2.24, 2.45) is 5.73 Å². The number of anilines is 1. The van der Waals surface area contributed by atoms with Crippen molar-refractivity contribution < 1.29 is 18.7 Å². The minimum Gasteiger partial charge on any atom is -0.497 e. The first-order chi connectivity index (χ1) is 10.6. The van der Waals surface area contributed by atoms with Crippen LogP contribution in [0.4, 0.5) is 10.1 Å². The molecule has 116 valence electrons. The van der Waals surface area contributed by atoms with E-state index in [2.05, 4.69) is 5.32 Å². The van der Waals surface area contributed by atoms with E-state index in [0.29, 0.717) is 18.8 Å². The highest BCUT2D eigenvalue weighted by Crippen LogP contribution is 2.17. The molecule has 0 heterocycles. The first-order valence-corrected chi connectivity index (χ1v) is 6.70. The Morgan fingerprint density at radius 3 is 2.50 bits per heavy atom. The summed E-state index contributed by atoms with van der Waals surface area (Å²) in [5.74, 6) is 0.0541. The van der Waals surface area contributed by atoms with Gasteiger partial charge in [0.15, 0.2) is 0 Å². The SMILES string of the molecule is COc1ccc(OCCNc2ccc(F)c(C(N)=O)c2)cc1. The van der Waals surface area contributed by atoms with Gasteiger partial charge in [0.2, 0.25) is 0 Å². The van der Waals surface area contributed by atoms with Gasteiger partial charge in [-0.1, -0.05) is 0 Å². The number of ether oxygens (including phenoxy) is 2. The lowest BCUT2D eigenvalue weighted by Crippen LogP contribution is -2.15. The number of nitrogens with two attached hydrogens (primary N) is 1. The molecule has 0 fully saturated rings. The second kappa shape index (κ2) is 7.31. The summed E-state index contributed by atoms with van der Waals surface area (Å²) in [6.07, 6.45) is 0. The van der Waals surface area contributed by atoms with E-state index in [1.807, 2.05) is 24.3 Å². The number of primary amides is 1. The number of methoxy groups -OCH3 is 1. The Hall–Kier alpha value is -2.76. The zero-order valence-electron chi connectivity index (χ0n) is 12.1. The third kappa shape index (κ3) is 4.12. The van der Waals surface area contributed by atoms with Crippen LogP contribution in [-0.4, -0.2) is 26.2 Å². The first-order valence-electron chi connectivity index (χ1n) is 6.70. The van der Waals surface area contributed by atoms with Gasteiger partial charge >= 0.3 is 0 Å². The lowest BCUT2D eigenvalue weighted by molar-refractivity contribution is 0.0996. The highest BCUT2D eigenvalue weighted by molar-refractivity contribution is 5.94. The second-order valence-electron chi connectivity index (χ2n) is 4.51. The Kier molecular flexibility index (Phi) is 5.19. The number of carbonyl (C=O) groups excluding carboxylic acids is 1. The fourth-order valence-corrected chi connectivity index (χ4v) is 1.86. The zero-order chi connectivity index (χ0) is 15.9. The van der Waals surface area contributed by atoms with Crippen molar-refractivity contribution in [1.82, 2.24) is 0 Å². The molecule has 0 unspecified atom stereocenters. The summed E-state index contributed by atoms with van der Waals surface area (Å²) in [6.45, 7) is 0.908. The molecule has 0 aromatic heterocycles. The quantitative estimate of drug-likeness (QED) is 0.771. The second-order valence-corrected chi connectivity index (χ2v) is 4.51. The molecular formula is C16H17FN2O3. The van der Waals surface area contributed by atoms with Gasteiger partial charge in [-0.15, -0.1) is 0 Å². The average Bonchev–Trinajstić information content (AvgIpc) is 2.53. The topological polar surface area (TPSA) is 73.6 Å². The summed E-state index contributed by atoms with van der Waals surface area (Å²) in [7, 11) is 1.60. The summed E-state index contributed by atoms with van der Waals surface area (Å²) < 4.78 is 23.9. The molecule has 0 aliphatic heterocycles. The number of amides is 1. The van der Waals surface area contributed by atoms with Crippen LogP contribution in [0.1, 0.15) is 10.4 Å². The number of hydrogen-bond donors (Lipinski definition) is 2. The predicted molar refractivity (Wildman–Crippen MR) is 81.9 cm³/mol. The van der Waals surface area contributed by atoms with Crippen molar-refractivity contribution in [2.75, 3.05) is 25.6 Å². The lowest BCUT2D eigenvalue weighted by atomic mass is 10.2. The zero-order valence-corrected chi connectivity index (χ0v) is 12.1. The maximum atomic E-state index is 13.3. The van der Waals surface area contributed by atoms with Crippen LogP contribution in [0.5, 0.6) is 11.5 Å². The number of rotatable bonds is 7. The Balaban J connectivity index is 1.83. The summed E-state index contributed by atoms with van der Waals surface area (Å²) in [4.78, 5) is 11.1. The number of halogens is 1. The molecule has 0 spiro atoms. The third-order valence-electron chi connectivity index (χ3n) is 2.99. The molecule has 3 N–H and O–H groups in total. The number of carbonyl (C=O) groups is 1. The van der Waals surface area contributed by atoms with Crippen LogP contribution in [0.3, 0.4) is 0 Å². The van der Waals surface area contributed by atoms with Crippen molar-refractivity contribution in [2.45, 2.75) is 0 Å². The summed E-state index contributed by atoms with van der Waals surface area (Å²) >= 11 is 0. The van der Waals surface area contributed by atoms with E-state index < -0.39 is 11.7 Å². The van der Waals surface area contributed by atoms with Crippen LogP contribution < -0.4 is 20.5 Å². The van der Waals surface area contributed by atoms with Crippen LogP contribution in [0.2, 0.25) is 0 Å². The van der Waals surface area contributed by atoms with Gasteiger partial charge in [0.1, 0.15) is 23.9 Å². The van der Waals surface area contributed by atoms with Crippen LogP contribution in [-0.2, 0) is 0 Å². The lowest BCUT2D eigenvalue weighted by Gasteiger charge is -2.10. The molecule has 0 atom stereocenters. The van der Waals surface area contributed by atoms with E-state index >= 15 is 0 Å². The van der Waals surface area contributed by atoms with Crippen LogP contribution >= 0.6 is 0 Å². The van der Waals surface area contributed by atoms with Gasteiger partial charge in [0.25, 0.3) is 5.91 Å². The Morgan fingerprint density at radius 2 is 1.86 bits per heavy atom. The van der Waals surface area contributed by atoms with E-state index in [-0.39, 0.29) is 5.56 Å². The van der Waals surface area contributed by atoms with Crippen molar-refractivity contribution in [3.8, 4) is 11.5 Å². The largest absolute Gasteiger partial charge is 0.497 e. The van der Waals surface area contributed by atoms with Crippen LogP contribution in [0.15, 0.2) is 42.5 Å². The molecule has 0 saturated carbocycles. The Morgan fingerprint density at radius 1 is 1.18 bits per heavy atom. The van der Waals surface area contributed by atoms with Gasteiger partial charge in [0.05, 0.1) is 12.7 Å². The fraction of sp³-hybridized carbons (Fsp3) is 0.188. The molecule has 0 aliphatic carbocycles. The predicted octanol–water partition coefficient (Wildman–Crippen LogP) is 2.42. The monoisotopic (exact) mass is 304 g/mol. The average molecular weight is 304 g/mol. The minimum absolute atomic E-state index is 0.138. The van der Waals surface area contributed by atoms with Crippen molar-refractivity contribution in [1.29, 1.82) is 0 Å². The molecule has 2 rings (SSSR count). The van der Waals surface area contributed by atoms with Crippen LogP contribution in [0, 0.1) is 5.82 Å². The van der Waals surface area contributed by atoms with E-state index in [1.54, 1.807) is 7.11 Å². The van der Waals surface area contributed by atoms with Gasteiger partial charge in [-0.05, 0) is 42.5 Å². The third-order valence-corrected chi connectivity index (χ3v) is 2.99. The number of hydrogen-bond acceptors (Lipinski definition) is 4. The van der Waals surface area contributed by atoms with Crippen molar-refractivity contribution >= 4 is 11.6 Å². The normalized spacial score (nSPS) is 10.1. The molecule has 22 heavy (non-hydrogen) atoms. The van der Waals surface area contributed by atoms with Crippen molar-refractivity contribution in [3.63, 3.8) is 0 Å². The highest BCUT2D eigenvalue weighted by Gasteiger charge is 2.08. The number of nitrogens with one attached hydrogen (secondary N) is 1. The van der Waals surface area contributed by atoms with Gasteiger partial charge in [-0.2, -0.15) is 0 Å². The molecule has 2 aromatic carbocycles. The molecular weight excluding hydrogens is 287 g/mol. The van der Waals surface area contributed by atoms with Gasteiger partial charge in [0, 0.05) is 12.2 Å². The minimum atomic E-state index is -0.796. The standard InChI is InChI=1S/C16H17FN2O3/c1-21-12-3-5-13(6-4-12)22-9-8-19-11-2-7-15(17)14(10-11)16(18)20/h2-7,10,19H,8-9H2,1H3,(H2,18,20). The molecule has 0 bridgehead atoms. The molecule has 0 saturated heterocycles. The molecule has 2 aromatic rings. The Bertz CT molecular complexity index is 644. The van der Waals surface area contributed by atoms with Crippen LogP contribution in [0.25, 0.3) is 0 Å². The molecule has 0 aliphatic rings. The molecule has 5 nitrogen and oxygen atoms in total. The summed E-state index contributed by atoms with van der Waals surface area (Å²) in [6, 6.07) is 11.3. The molecule has 1 amide bonds. The molecule has 0 radical (unpaired) electrons. The van der Waals surface area contributed by atoms with Gasteiger partial charge in [-0.25, -0.2) is 4.39 Å². The smallest absolute Gasteiger partial charge is 0.251 e. The van der Waals surface area contributed by atoms with Crippen molar-refractivity contribution in [3.05, 3.63) is 53.8 Å².